The highest BCUT2D eigenvalue weighted by Gasteiger charge is 2.19. The van der Waals surface area contributed by atoms with Gasteiger partial charge in [0, 0.05) is 5.41 Å². The Bertz CT molecular complexity index is 89.1. The third-order valence-corrected chi connectivity index (χ3v) is 1.70. The lowest BCUT2D eigenvalue weighted by Crippen LogP contribution is -2.23. The fourth-order valence-electron chi connectivity index (χ4n) is 0.464. The van der Waals surface area contributed by atoms with Crippen molar-refractivity contribution < 1.29 is 5.11 Å². The standard InChI is InChI=1S/C6H14N2O/c1-3-6(2,5-9)4-8-7/h7,9H,3-5H2,1-2H3. The van der Waals surface area contributed by atoms with E-state index in [1.165, 1.54) is 0 Å². The molecule has 0 fully saturated rings. The van der Waals surface area contributed by atoms with E-state index in [0.29, 0.717) is 6.54 Å². The van der Waals surface area contributed by atoms with Crippen molar-refractivity contribution in [1.29, 1.82) is 5.53 Å². The molecule has 0 heterocycles. The summed E-state index contributed by atoms with van der Waals surface area (Å²) in [6.45, 7) is 4.46. The van der Waals surface area contributed by atoms with Gasteiger partial charge in [0.25, 0.3) is 0 Å². The second-order valence-corrected chi connectivity index (χ2v) is 2.64. The Morgan fingerprint density at radius 2 is 2.22 bits per heavy atom. The van der Waals surface area contributed by atoms with Gasteiger partial charge in [-0.25, -0.2) is 5.53 Å². The van der Waals surface area contributed by atoms with Crippen molar-refractivity contribution >= 4 is 0 Å². The van der Waals surface area contributed by atoms with Gasteiger partial charge >= 0.3 is 0 Å². The molecule has 1 atom stereocenters. The minimum Gasteiger partial charge on any atom is -0.396 e. The molecule has 0 saturated carbocycles. The van der Waals surface area contributed by atoms with Crippen LogP contribution in [-0.4, -0.2) is 18.3 Å². The summed E-state index contributed by atoms with van der Waals surface area (Å²) in [5.74, 6) is 0. The van der Waals surface area contributed by atoms with Gasteiger partial charge in [0.05, 0.1) is 13.2 Å². The lowest BCUT2D eigenvalue weighted by molar-refractivity contribution is 0.143. The van der Waals surface area contributed by atoms with Crippen molar-refractivity contribution in [2.45, 2.75) is 20.3 Å². The molecule has 0 radical (unpaired) electrons. The fraction of sp³-hybridized carbons (Fsp3) is 1.00. The molecular formula is C6H14N2O. The molecule has 2 N–H and O–H groups in total. The molecule has 0 aromatic carbocycles. The van der Waals surface area contributed by atoms with Gasteiger partial charge < -0.3 is 5.11 Å². The number of nitrogens with one attached hydrogen (secondary N) is 1. The molecule has 0 aliphatic carbocycles. The van der Waals surface area contributed by atoms with Gasteiger partial charge in [-0.15, -0.1) is 0 Å². The highest BCUT2D eigenvalue weighted by atomic mass is 16.3. The summed E-state index contributed by atoms with van der Waals surface area (Å²) < 4.78 is 0. The zero-order valence-electron chi connectivity index (χ0n) is 6.02. The van der Waals surface area contributed by atoms with Crippen LogP contribution >= 0.6 is 0 Å². The minimum absolute atomic E-state index is 0.117. The maximum absolute atomic E-state index is 8.77. The van der Waals surface area contributed by atoms with Crippen LogP contribution in [0.2, 0.25) is 0 Å². The Morgan fingerprint density at radius 3 is 2.33 bits per heavy atom. The van der Waals surface area contributed by atoms with Crippen LogP contribution in [0, 0.1) is 10.9 Å². The smallest absolute Gasteiger partial charge is 0.0671 e. The van der Waals surface area contributed by atoms with Gasteiger partial charge in [0.15, 0.2) is 0 Å². The Labute approximate surface area is 55.6 Å². The molecule has 1 unspecified atom stereocenters. The maximum Gasteiger partial charge on any atom is 0.0671 e. The topological polar surface area (TPSA) is 56.4 Å². The molecule has 0 spiro atoms. The number of hydrogen-bond donors (Lipinski definition) is 2. The molecule has 0 aromatic heterocycles. The van der Waals surface area contributed by atoms with Crippen LogP contribution in [0.3, 0.4) is 0 Å². The molecular weight excluding hydrogens is 116 g/mol. The van der Waals surface area contributed by atoms with Crippen LogP contribution < -0.4 is 0 Å². The zero-order chi connectivity index (χ0) is 7.33. The van der Waals surface area contributed by atoms with E-state index in [9.17, 15) is 0 Å². The quantitative estimate of drug-likeness (QED) is 0.555. The summed E-state index contributed by atoms with van der Waals surface area (Å²) in [7, 11) is 0. The van der Waals surface area contributed by atoms with Gasteiger partial charge in [-0.05, 0) is 6.42 Å². The number of aliphatic hydroxyl groups is 1. The SMILES string of the molecule is CCC(C)(CO)CN=N. The zero-order valence-corrected chi connectivity index (χ0v) is 6.02. The molecule has 0 rings (SSSR count). The normalized spacial score (nSPS) is 16.8. The van der Waals surface area contributed by atoms with Gasteiger partial charge in [-0.3, -0.25) is 0 Å². The monoisotopic (exact) mass is 130 g/mol. The van der Waals surface area contributed by atoms with Gasteiger partial charge in [-0.2, -0.15) is 5.11 Å². The molecule has 0 bridgehead atoms. The first kappa shape index (κ1) is 8.56. The van der Waals surface area contributed by atoms with E-state index < -0.39 is 0 Å². The molecule has 3 heteroatoms. The number of rotatable bonds is 4. The third kappa shape index (κ3) is 2.56. The highest BCUT2D eigenvalue weighted by molar-refractivity contribution is 4.72. The van der Waals surface area contributed by atoms with Crippen LogP contribution in [0.25, 0.3) is 0 Å². The molecule has 0 aromatic rings. The Kier molecular flexibility index (Phi) is 3.39. The highest BCUT2D eigenvalue weighted by Crippen LogP contribution is 2.19. The first-order valence-corrected chi connectivity index (χ1v) is 3.12. The van der Waals surface area contributed by atoms with Crippen LogP contribution in [0.1, 0.15) is 20.3 Å². The van der Waals surface area contributed by atoms with Crippen molar-refractivity contribution in [2.24, 2.45) is 10.5 Å². The maximum atomic E-state index is 8.77. The molecule has 54 valence electrons. The molecule has 0 aliphatic heterocycles. The summed E-state index contributed by atoms with van der Waals surface area (Å²) >= 11 is 0. The van der Waals surface area contributed by atoms with E-state index in [1.54, 1.807) is 0 Å². The van der Waals surface area contributed by atoms with Crippen LogP contribution in [0.4, 0.5) is 0 Å². The van der Waals surface area contributed by atoms with Crippen molar-refractivity contribution in [1.82, 2.24) is 0 Å². The predicted octanol–water partition coefficient (Wildman–Crippen LogP) is 1.43. The van der Waals surface area contributed by atoms with Crippen molar-refractivity contribution in [3.05, 3.63) is 0 Å². The van der Waals surface area contributed by atoms with Crippen molar-refractivity contribution in [3.8, 4) is 0 Å². The average molecular weight is 130 g/mol. The summed E-state index contributed by atoms with van der Waals surface area (Å²) in [6, 6.07) is 0. The second-order valence-electron chi connectivity index (χ2n) is 2.64. The fourth-order valence-corrected chi connectivity index (χ4v) is 0.464. The number of hydrogen-bond acceptors (Lipinski definition) is 3. The Balaban J connectivity index is 3.75. The Hall–Kier alpha value is -0.440. The largest absolute Gasteiger partial charge is 0.396 e. The third-order valence-electron chi connectivity index (χ3n) is 1.70. The van der Waals surface area contributed by atoms with Crippen molar-refractivity contribution in [2.75, 3.05) is 13.2 Å². The lowest BCUT2D eigenvalue weighted by atomic mass is 9.89. The van der Waals surface area contributed by atoms with Crippen LogP contribution in [0.15, 0.2) is 5.11 Å². The number of nitrogens with zero attached hydrogens (tertiary/aromatic N) is 1. The van der Waals surface area contributed by atoms with E-state index in [-0.39, 0.29) is 12.0 Å². The van der Waals surface area contributed by atoms with E-state index in [2.05, 4.69) is 5.11 Å². The van der Waals surface area contributed by atoms with E-state index in [4.69, 9.17) is 10.6 Å². The van der Waals surface area contributed by atoms with Crippen LogP contribution in [-0.2, 0) is 0 Å². The summed E-state index contributed by atoms with van der Waals surface area (Å²) in [4.78, 5) is 0. The summed E-state index contributed by atoms with van der Waals surface area (Å²) in [5, 5.41) is 12.0. The van der Waals surface area contributed by atoms with E-state index >= 15 is 0 Å². The van der Waals surface area contributed by atoms with E-state index in [0.717, 1.165) is 6.42 Å². The molecule has 0 saturated heterocycles. The predicted molar refractivity (Wildman–Crippen MR) is 35.5 cm³/mol. The van der Waals surface area contributed by atoms with Crippen LogP contribution in [0.5, 0.6) is 0 Å². The lowest BCUT2D eigenvalue weighted by Gasteiger charge is -2.21. The summed E-state index contributed by atoms with van der Waals surface area (Å²) in [6.07, 6.45) is 0.867. The minimum atomic E-state index is -0.165. The van der Waals surface area contributed by atoms with Gasteiger partial charge in [0.2, 0.25) is 0 Å². The van der Waals surface area contributed by atoms with Gasteiger partial charge in [-0.1, -0.05) is 13.8 Å². The van der Waals surface area contributed by atoms with Gasteiger partial charge in [0.1, 0.15) is 0 Å². The second kappa shape index (κ2) is 3.56. The summed E-state index contributed by atoms with van der Waals surface area (Å²) in [5.41, 5.74) is 6.41. The average Bonchev–Trinajstić information content (AvgIpc) is 1.89. The first-order chi connectivity index (χ1) is 4.18. The molecule has 0 amide bonds. The van der Waals surface area contributed by atoms with Crippen molar-refractivity contribution in [3.63, 3.8) is 0 Å². The molecule has 0 aliphatic rings. The van der Waals surface area contributed by atoms with E-state index in [1.807, 2.05) is 13.8 Å². The molecule has 9 heavy (non-hydrogen) atoms. The molecule has 3 nitrogen and oxygen atoms in total. The Morgan fingerprint density at radius 1 is 1.67 bits per heavy atom. The first-order valence-electron chi connectivity index (χ1n) is 3.12. The number of aliphatic hydroxyl groups excluding tert-OH is 1.